The van der Waals surface area contributed by atoms with Crippen LogP contribution in [0.25, 0.3) is 0 Å². The van der Waals surface area contributed by atoms with Gasteiger partial charge in [-0.15, -0.1) is 0 Å². The van der Waals surface area contributed by atoms with Crippen LogP contribution in [0.1, 0.15) is 52.4 Å². The number of rotatable bonds is 5. The predicted molar refractivity (Wildman–Crippen MR) is 80.0 cm³/mol. The molecule has 112 valence electrons. The quantitative estimate of drug-likeness (QED) is 0.845. The Morgan fingerprint density at radius 2 is 1.95 bits per heavy atom. The van der Waals surface area contributed by atoms with Crippen molar-refractivity contribution in [2.24, 2.45) is 17.8 Å². The van der Waals surface area contributed by atoms with Gasteiger partial charge in [0.25, 0.3) is 0 Å². The third kappa shape index (κ3) is 3.94. The van der Waals surface area contributed by atoms with Crippen molar-refractivity contribution < 1.29 is 8.42 Å². The molecule has 0 aromatic carbocycles. The van der Waals surface area contributed by atoms with E-state index in [1.54, 1.807) is 0 Å². The molecule has 0 bridgehead atoms. The summed E-state index contributed by atoms with van der Waals surface area (Å²) in [6.45, 7) is 5.53. The zero-order valence-electron chi connectivity index (χ0n) is 12.4. The Kier molecular flexibility index (Phi) is 5.29. The topological polar surface area (TPSA) is 46.2 Å². The lowest BCUT2D eigenvalue weighted by atomic mass is 9.71. The highest BCUT2D eigenvalue weighted by Gasteiger charge is 2.40. The van der Waals surface area contributed by atoms with Crippen LogP contribution in [0.5, 0.6) is 0 Å². The lowest BCUT2D eigenvalue weighted by Gasteiger charge is -2.39. The molecule has 0 aromatic heterocycles. The van der Waals surface area contributed by atoms with Gasteiger partial charge in [-0.25, -0.2) is 8.42 Å². The van der Waals surface area contributed by atoms with E-state index in [9.17, 15) is 8.42 Å². The average Bonchev–Trinajstić information content (AvgIpc) is 2.76. The molecule has 4 heteroatoms. The molecule has 1 saturated heterocycles. The molecular weight excluding hydrogens is 258 g/mol. The van der Waals surface area contributed by atoms with Crippen molar-refractivity contribution in [3.05, 3.63) is 0 Å². The van der Waals surface area contributed by atoms with Crippen LogP contribution in [0, 0.1) is 17.8 Å². The highest BCUT2D eigenvalue weighted by Crippen LogP contribution is 2.39. The first kappa shape index (κ1) is 15.3. The van der Waals surface area contributed by atoms with Crippen molar-refractivity contribution in [1.29, 1.82) is 0 Å². The number of sulfone groups is 1. The van der Waals surface area contributed by atoms with Gasteiger partial charge in [-0.3, -0.25) is 0 Å². The third-order valence-electron chi connectivity index (χ3n) is 5.12. The fourth-order valence-electron chi connectivity index (χ4n) is 3.93. The Hall–Kier alpha value is -0.0900. The highest BCUT2D eigenvalue weighted by atomic mass is 32.2. The first-order chi connectivity index (χ1) is 9.05. The average molecular weight is 287 g/mol. The summed E-state index contributed by atoms with van der Waals surface area (Å²) in [4.78, 5) is 0. The minimum atomic E-state index is -2.74. The smallest absolute Gasteiger partial charge is 0.150 e. The number of hydrogen-bond acceptors (Lipinski definition) is 3. The van der Waals surface area contributed by atoms with Crippen LogP contribution in [-0.2, 0) is 9.84 Å². The van der Waals surface area contributed by atoms with Crippen LogP contribution in [0.4, 0.5) is 0 Å². The molecule has 0 aromatic rings. The van der Waals surface area contributed by atoms with E-state index in [2.05, 4.69) is 19.2 Å². The van der Waals surface area contributed by atoms with Gasteiger partial charge >= 0.3 is 0 Å². The van der Waals surface area contributed by atoms with Gasteiger partial charge in [-0.1, -0.05) is 20.3 Å². The van der Waals surface area contributed by atoms with Crippen LogP contribution in [0.15, 0.2) is 0 Å². The van der Waals surface area contributed by atoms with E-state index in [1.165, 1.54) is 25.7 Å². The molecule has 0 spiro atoms. The van der Waals surface area contributed by atoms with Gasteiger partial charge in [0.05, 0.1) is 11.5 Å². The molecule has 1 N–H and O–H groups in total. The second-order valence-electron chi connectivity index (χ2n) is 6.47. The monoisotopic (exact) mass is 287 g/mol. The second kappa shape index (κ2) is 6.57. The van der Waals surface area contributed by atoms with Crippen molar-refractivity contribution >= 4 is 9.84 Å². The van der Waals surface area contributed by atoms with Crippen LogP contribution in [-0.4, -0.2) is 32.5 Å². The molecular formula is C15H29NO2S. The van der Waals surface area contributed by atoms with Gasteiger partial charge in [0.1, 0.15) is 0 Å². The lowest BCUT2D eigenvalue weighted by molar-refractivity contribution is 0.151. The summed E-state index contributed by atoms with van der Waals surface area (Å²) in [6, 6.07) is 0.557. The second-order valence-corrected chi connectivity index (χ2v) is 8.70. The Morgan fingerprint density at radius 1 is 1.16 bits per heavy atom. The zero-order chi connectivity index (χ0) is 13.9. The standard InChI is InChI=1S/C15H29NO2S/c1-3-8-16-15-6-5-12(4-2)10-14(15)13-7-9-19(17,18)11-13/h12-16H,3-11H2,1-2H3. The van der Waals surface area contributed by atoms with Crippen molar-refractivity contribution in [2.75, 3.05) is 18.1 Å². The molecule has 4 atom stereocenters. The first-order valence-corrected chi connectivity index (χ1v) is 9.81. The van der Waals surface area contributed by atoms with Crippen molar-refractivity contribution in [3.63, 3.8) is 0 Å². The molecule has 1 saturated carbocycles. The number of nitrogens with one attached hydrogen (secondary N) is 1. The fourth-order valence-corrected chi connectivity index (χ4v) is 5.83. The molecule has 4 unspecified atom stereocenters. The maximum atomic E-state index is 11.7. The largest absolute Gasteiger partial charge is 0.314 e. The molecule has 2 aliphatic rings. The van der Waals surface area contributed by atoms with Gasteiger partial charge < -0.3 is 5.32 Å². The van der Waals surface area contributed by atoms with E-state index in [1.807, 2.05) is 0 Å². The maximum Gasteiger partial charge on any atom is 0.150 e. The molecule has 0 radical (unpaired) electrons. The van der Waals surface area contributed by atoms with Gasteiger partial charge in [-0.05, 0) is 56.4 Å². The van der Waals surface area contributed by atoms with E-state index in [0.717, 1.165) is 25.3 Å². The molecule has 2 fully saturated rings. The lowest BCUT2D eigenvalue weighted by Crippen LogP contribution is -2.44. The zero-order valence-corrected chi connectivity index (χ0v) is 13.2. The van der Waals surface area contributed by atoms with Crippen LogP contribution in [0.2, 0.25) is 0 Å². The summed E-state index contributed by atoms with van der Waals surface area (Å²) in [5.74, 6) is 2.67. The summed E-state index contributed by atoms with van der Waals surface area (Å²) < 4.78 is 23.5. The molecule has 0 amide bonds. The molecule has 3 nitrogen and oxygen atoms in total. The SMILES string of the molecule is CCCNC1CCC(CC)CC1C1CCS(=O)(=O)C1. The van der Waals surface area contributed by atoms with Crippen LogP contribution in [0.3, 0.4) is 0 Å². The van der Waals surface area contributed by atoms with E-state index < -0.39 is 9.84 Å². The molecule has 1 aliphatic carbocycles. The van der Waals surface area contributed by atoms with Gasteiger partial charge in [0.2, 0.25) is 0 Å². The summed E-state index contributed by atoms with van der Waals surface area (Å²) in [6.07, 6.45) is 7.08. The normalized spacial score (nSPS) is 38.4. The molecule has 19 heavy (non-hydrogen) atoms. The minimum absolute atomic E-state index is 0.411. The van der Waals surface area contributed by atoms with Crippen molar-refractivity contribution in [3.8, 4) is 0 Å². The third-order valence-corrected chi connectivity index (χ3v) is 6.91. The Balaban J connectivity index is 2.02. The fraction of sp³-hybridized carbons (Fsp3) is 1.00. The van der Waals surface area contributed by atoms with E-state index in [0.29, 0.717) is 29.4 Å². The molecule has 1 aliphatic heterocycles. The minimum Gasteiger partial charge on any atom is -0.314 e. The van der Waals surface area contributed by atoms with Crippen molar-refractivity contribution in [1.82, 2.24) is 5.32 Å². The summed E-state index contributed by atoms with van der Waals surface area (Å²) in [5.41, 5.74) is 0. The Bertz CT molecular complexity index is 380. The van der Waals surface area contributed by atoms with Gasteiger partial charge in [0.15, 0.2) is 9.84 Å². The maximum absolute atomic E-state index is 11.7. The van der Waals surface area contributed by atoms with Crippen molar-refractivity contribution in [2.45, 2.75) is 58.4 Å². The summed E-state index contributed by atoms with van der Waals surface area (Å²) >= 11 is 0. The first-order valence-electron chi connectivity index (χ1n) is 7.99. The molecule has 1 heterocycles. The van der Waals surface area contributed by atoms with E-state index >= 15 is 0 Å². The summed E-state index contributed by atoms with van der Waals surface area (Å²) in [7, 11) is -2.74. The van der Waals surface area contributed by atoms with Crippen LogP contribution < -0.4 is 5.32 Å². The van der Waals surface area contributed by atoms with E-state index in [4.69, 9.17) is 0 Å². The Labute approximate surface area is 118 Å². The van der Waals surface area contributed by atoms with Gasteiger partial charge in [0, 0.05) is 6.04 Å². The van der Waals surface area contributed by atoms with E-state index in [-0.39, 0.29) is 0 Å². The Morgan fingerprint density at radius 3 is 2.53 bits per heavy atom. The summed E-state index contributed by atoms with van der Waals surface area (Å²) in [5, 5.41) is 3.68. The molecule has 2 rings (SSSR count). The van der Waals surface area contributed by atoms with Gasteiger partial charge in [-0.2, -0.15) is 0 Å². The highest BCUT2D eigenvalue weighted by molar-refractivity contribution is 7.91. The van der Waals surface area contributed by atoms with Crippen LogP contribution >= 0.6 is 0 Å². The predicted octanol–water partition coefficient (Wildman–Crippen LogP) is 2.62. The number of hydrogen-bond donors (Lipinski definition) is 1.